The lowest BCUT2D eigenvalue weighted by atomic mass is 10.1. The Morgan fingerprint density at radius 3 is 2.89 bits per heavy atom. The van der Waals surface area contributed by atoms with E-state index in [0.29, 0.717) is 18.5 Å². The number of carboxylic acids is 1. The number of para-hydroxylation sites is 1. The van der Waals surface area contributed by atoms with Gasteiger partial charge >= 0.3 is 5.97 Å². The van der Waals surface area contributed by atoms with Crippen LogP contribution in [-0.4, -0.2) is 57.5 Å². The van der Waals surface area contributed by atoms with Crippen molar-refractivity contribution < 1.29 is 23.8 Å². The molecule has 1 saturated heterocycles. The van der Waals surface area contributed by atoms with Gasteiger partial charge in [0.1, 0.15) is 11.5 Å². The standard InChI is InChI=1S/C19H20FN3O4/c1-11-4-2-6-13(20)17(11)23-14-7-3-5-12(14)16(21-23)18(24)22-8-9-27-10-15(22)19(25)26/h2,4,6,15H,3,5,7-10H2,1H3,(H,25,26). The number of benzene rings is 1. The molecule has 1 aliphatic carbocycles. The second-order valence-electron chi connectivity index (χ2n) is 6.87. The van der Waals surface area contributed by atoms with Crippen molar-refractivity contribution in [3.8, 4) is 5.69 Å². The summed E-state index contributed by atoms with van der Waals surface area (Å²) in [6, 6.07) is 3.76. The van der Waals surface area contributed by atoms with E-state index in [9.17, 15) is 19.1 Å². The van der Waals surface area contributed by atoms with Crippen LogP contribution in [0.5, 0.6) is 0 Å². The minimum Gasteiger partial charge on any atom is -0.480 e. The zero-order valence-electron chi connectivity index (χ0n) is 14.9. The summed E-state index contributed by atoms with van der Waals surface area (Å²) in [7, 11) is 0. The Bertz CT molecular complexity index is 904. The lowest BCUT2D eigenvalue weighted by molar-refractivity contribution is -0.147. The van der Waals surface area contributed by atoms with Crippen LogP contribution in [0.2, 0.25) is 0 Å². The maximum atomic E-state index is 14.5. The van der Waals surface area contributed by atoms with Gasteiger partial charge in [-0.3, -0.25) is 4.79 Å². The first-order valence-electron chi connectivity index (χ1n) is 8.97. The summed E-state index contributed by atoms with van der Waals surface area (Å²) >= 11 is 0. The van der Waals surface area contributed by atoms with Gasteiger partial charge in [-0.2, -0.15) is 5.10 Å². The molecule has 1 unspecified atom stereocenters. The van der Waals surface area contributed by atoms with Crippen LogP contribution in [-0.2, 0) is 22.4 Å². The molecule has 0 spiro atoms. The molecule has 1 aromatic carbocycles. The number of nitrogens with zero attached hydrogens (tertiary/aromatic N) is 3. The maximum Gasteiger partial charge on any atom is 0.328 e. The Morgan fingerprint density at radius 2 is 2.15 bits per heavy atom. The van der Waals surface area contributed by atoms with Crippen LogP contribution in [0.15, 0.2) is 18.2 Å². The molecule has 1 amide bonds. The van der Waals surface area contributed by atoms with Gasteiger partial charge in [0.05, 0.1) is 13.2 Å². The summed E-state index contributed by atoms with van der Waals surface area (Å²) in [6.07, 6.45) is 2.23. The van der Waals surface area contributed by atoms with Gasteiger partial charge < -0.3 is 14.7 Å². The number of amides is 1. The van der Waals surface area contributed by atoms with Crippen LogP contribution in [0.25, 0.3) is 5.69 Å². The largest absolute Gasteiger partial charge is 0.480 e. The molecule has 1 atom stereocenters. The van der Waals surface area contributed by atoms with Gasteiger partial charge in [-0.05, 0) is 37.8 Å². The summed E-state index contributed by atoms with van der Waals surface area (Å²) in [5.41, 5.74) is 2.90. The van der Waals surface area contributed by atoms with Crippen molar-refractivity contribution in [2.45, 2.75) is 32.2 Å². The number of morpholine rings is 1. The highest BCUT2D eigenvalue weighted by molar-refractivity contribution is 5.97. The molecule has 142 valence electrons. The molecular formula is C19H20FN3O4. The van der Waals surface area contributed by atoms with Crippen LogP contribution in [0.1, 0.15) is 33.7 Å². The van der Waals surface area contributed by atoms with Crippen LogP contribution >= 0.6 is 0 Å². The van der Waals surface area contributed by atoms with E-state index < -0.39 is 23.7 Å². The average Bonchev–Trinajstić information content (AvgIpc) is 3.24. The van der Waals surface area contributed by atoms with Crippen LogP contribution in [0, 0.1) is 12.7 Å². The number of carboxylic acid groups (broad SMARTS) is 1. The third-order valence-electron chi connectivity index (χ3n) is 5.21. The number of aryl methyl sites for hydroxylation is 1. The summed E-state index contributed by atoms with van der Waals surface area (Å²) in [6.45, 7) is 2.22. The highest BCUT2D eigenvalue weighted by Crippen LogP contribution is 2.31. The molecule has 2 aromatic rings. The van der Waals surface area contributed by atoms with Crippen molar-refractivity contribution in [3.63, 3.8) is 0 Å². The van der Waals surface area contributed by atoms with Gasteiger partial charge in [-0.15, -0.1) is 0 Å². The van der Waals surface area contributed by atoms with Gasteiger partial charge in [0.15, 0.2) is 11.7 Å². The van der Waals surface area contributed by atoms with E-state index in [2.05, 4.69) is 5.10 Å². The number of ether oxygens (including phenoxy) is 1. The third-order valence-corrected chi connectivity index (χ3v) is 5.21. The number of carbonyl (C=O) groups is 2. The fourth-order valence-electron chi connectivity index (χ4n) is 3.87. The van der Waals surface area contributed by atoms with Gasteiger partial charge in [-0.1, -0.05) is 12.1 Å². The molecule has 1 fully saturated rings. The quantitative estimate of drug-likeness (QED) is 0.886. The molecule has 0 bridgehead atoms. The fraction of sp³-hybridized carbons (Fsp3) is 0.421. The number of fused-ring (bicyclic) bond motifs is 1. The topological polar surface area (TPSA) is 84.7 Å². The zero-order chi connectivity index (χ0) is 19.1. The summed E-state index contributed by atoms with van der Waals surface area (Å²) in [4.78, 5) is 25.9. The Balaban J connectivity index is 1.79. The van der Waals surface area contributed by atoms with E-state index in [1.165, 1.54) is 15.6 Å². The SMILES string of the molecule is Cc1cccc(F)c1-n1nc(C(=O)N2CCOCC2C(=O)O)c2c1CCC2. The Labute approximate surface area is 155 Å². The predicted molar refractivity (Wildman–Crippen MR) is 93.6 cm³/mol. The number of hydrogen-bond donors (Lipinski definition) is 1. The van der Waals surface area contributed by atoms with Gasteiger partial charge in [0, 0.05) is 17.8 Å². The van der Waals surface area contributed by atoms with Crippen molar-refractivity contribution in [1.29, 1.82) is 0 Å². The lowest BCUT2D eigenvalue weighted by Crippen LogP contribution is -2.52. The third kappa shape index (κ3) is 2.90. The predicted octanol–water partition coefficient (Wildman–Crippen LogP) is 1.73. The Morgan fingerprint density at radius 1 is 1.33 bits per heavy atom. The van der Waals surface area contributed by atoms with E-state index in [0.717, 1.165) is 23.2 Å². The highest BCUT2D eigenvalue weighted by Gasteiger charge is 2.37. The van der Waals surface area contributed by atoms with Crippen LogP contribution in [0.3, 0.4) is 0 Å². The van der Waals surface area contributed by atoms with Crippen molar-refractivity contribution in [3.05, 3.63) is 46.5 Å². The number of aromatic nitrogens is 2. The van der Waals surface area contributed by atoms with Gasteiger partial charge in [0.25, 0.3) is 5.91 Å². The Hall–Kier alpha value is -2.74. The first kappa shape index (κ1) is 17.7. The highest BCUT2D eigenvalue weighted by atomic mass is 19.1. The molecule has 1 aromatic heterocycles. The molecule has 27 heavy (non-hydrogen) atoms. The van der Waals surface area contributed by atoms with E-state index in [-0.39, 0.29) is 25.5 Å². The fourth-order valence-corrected chi connectivity index (χ4v) is 3.87. The molecular weight excluding hydrogens is 353 g/mol. The minimum atomic E-state index is -1.11. The number of carbonyl (C=O) groups excluding carboxylic acids is 1. The zero-order valence-corrected chi connectivity index (χ0v) is 14.9. The molecule has 1 N–H and O–H groups in total. The summed E-state index contributed by atoms with van der Waals surface area (Å²) in [5.74, 6) is -1.94. The van der Waals surface area contributed by atoms with E-state index in [1.54, 1.807) is 19.1 Å². The number of rotatable bonds is 3. The molecule has 2 aliphatic rings. The van der Waals surface area contributed by atoms with Crippen molar-refractivity contribution in [2.24, 2.45) is 0 Å². The Kier molecular flexibility index (Phi) is 4.43. The molecule has 4 rings (SSSR count). The molecule has 0 radical (unpaired) electrons. The summed E-state index contributed by atoms with van der Waals surface area (Å²) in [5, 5.41) is 13.8. The second-order valence-corrected chi connectivity index (χ2v) is 6.87. The number of hydrogen-bond acceptors (Lipinski definition) is 4. The molecule has 1 aliphatic heterocycles. The van der Waals surface area contributed by atoms with E-state index in [4.69, 9.17) is 4.74 Å². The monoisotopic (exact) mass is 373 g/mol. The first-order valence-corrected chi connectivity index (χ1v) is 8.97. The van der Waals surface area contributed by atoms with Crippen LogP contribution < -0.4 is 0 Å². The van der Waals surface area contributed by atoms with E-state index >= 15 is 0 Å². The summed E-state index contributed by atoms with van der Waals surface area (Å²) < 4.78 is 21.2. The van der Waals surface area contributed by atoms with Crippen molar-refractivity contribution in [1.82, 2.24) is 14.7 Å². The van der Waals surface area contributed by atoms with Crippen molar-refractivity contribution >= 4 is 11.9 Å². The molecule has 0 saturated carbocycles. The van der Waals surface area contributed by atoms with Crippen molar-refractivity contribution in [2.75, 3.05) is 19.8 Å². The molecule has 2 heterocycles. The lowest BCUT2D eigenvalue weighted by Gasteiger charge is -2.32. The molecule has 8 heteroatoms. The minimum absolute atomic E-state index is 0.0452. The number of aliphatic carboxylic acids is 1. The second kappa shape index (κ2) is 6.77. The average molecular weight is 373 g/mol. The van der Waals surface area contributed by atoms with E-state index in [1.807, 2.05) is 0 Å². The first-order chi connectivity index (χ1) is 13.0. The normalized spacial score (nSPS) is 19.2. The van der Waals surface area contributed by atoms with Crippen LogP contribution in [0.4, 0.5) is 4.39 Å². The number of halogens is 1. The van der Waals surface area contributed by atoms with Gasteiger partial charge in [0.2, 0.25) is 0 Å². The maximum absolute atomic E-state index is 14.5. The smallest absolute Gasteiger partial charge is 0.328 e. The van der Waals surface area contributed by atoms with Gasteiger partial charge in [-0.25, -0.2) is 13.9 Å². The molecule has 7 nitrogen and oxygen atoms in total.